The van der Waals surface area contributed by atoms with E-state index in [0.717, 1.165) is 24.5 Å². The Balaban J connectivity index is 2.06. The molecule has 19 heavy (non-hydrogen) atoms. The molecule has 1 fully saturated rings. The van der Waals surface area contributed by atoms with E-state index < -0.39 is 11.7 Å². The summed E-state index contributed by atoms with van der Waals surface area (Å²) in [7, 11) is 0. The van der Waals surface area contributed by atoms with Crippen LogP contribution in [0.4, 0.5) is 18.9 Å². The van der Waals surface area contributed by atoms with Gasteiger partial charge in [-0.25, -0.2) is 0 Å². The predicted molar refractivity (Wildman–Crippen MR) is 66.3 cm³/mol. The highest BCUT2D eigenvalue weighted by Gasteiger charge is 2.46. The first-order chi connectivity index (χ1) is 8.92. The number of benzene rings is 1. The van der Waals surface area contributed by atoms with Crippen LogP contribution in [0.25, 0.3) is 0 Å². The molecule has 0 amide bonds. The van der Waals surface area contributed by atoms with Crippen LogP contribution in [-0.4, -0.2) is 19.3 Å². The molecule has 0 aromatic heterocycles. The van der Waals surface area contributed by atoms with Crippen LogP contribution in [0.15, 0.2) is 18.2 Å². The van der Waals surface area contributed by atoms with E-state index in [0.29, 0.717) is 13.2 Å². The third-order valence-electron chi connectivity index (χ3n) is 4.21. The summed E-state index contributed by atoms with van der Waals surface area (Å²) in [4.78, 5) is 0. The minimum Gasteiger partial charge on any atom is -0.383 e. The Morgan fingerprint density at radius 1 is 1.37 bits per heavy atom. The first-order valence-corrected chi connectivity index (χ1v) is 6.49. The van der Waals surface area contributed by atoms with Gasteiger partial charge in [0.25, 0.3) is 0 Å². The zero-order valence-electron chi connectivity index (χ0n) is 10.7. The third-order valence-corrected chi connectivity index (χ3v) is 4.21. The fraction of sp³-hybridized carbons (Fsp3) is 0.571. The molecule has 2 unspecified atom stereocenters. The molecule has 0 aliphatic carbocycles. The van der Waals surface area contributed by atoms with Gasteiger partial charge in [0.05, 0.1) is 17.4 Å². The predicted octanol–water partition coefficient (Wildman–Crippen LogP) is 3.57. The van der Waals surface area contributed by atoms with Gasteiger partial charge in [-0.1, -0.05) is 12.1 Å². The molecule has 1 N–H and O–H groups in total. The maximum Gasteiger partial charge on any atom is 0.418 e. The molecule has 1 spiro atoms. The Bertz CT molecular complexity index is 500. The number of nitrogens with one attached hydrogen (secondary N) is 1. The summed E-state index contributed by atoms with van der Waals surface area (Å²) in [5.41, 5.74) is 0.316. The van der Waals surface area contributed by atoms with Gasteiger partial charge in [0.15, 0.2) is 0 Å². The molecule has 0 saturated carbocycles. The zero-order valence-corrected chi connectivity index (χ0v) is 10.7. The number of hydrogen-bond donors (Lipinski definition) is 1. The van der Waals surface area contributed by atoms with E-state index in [1.807, 2.05) is 13.0 Å². The number of rotatable bonds is 0. The zero-order chi connectivity index (χ0) is 13.7. The van der Waals surface area contributed by atoms with Crippen LogP contribution in [0.3, 0.4) is 0 Å². The van der Waals surface area contributed by atoms with E-state index in [4.69, 9.17) is 4.74 Å². The van der Waals surface area contributed by atoms with Gasteiger partial charge < -0.3 is 10.1 Å². The van der Waals surface area contributed by atoms with Crippen LogP contribution in [0.2, 0.25) is 0 Å². The molecular weight excluding hydrogens is 255 g/mol. The van der Waals surface area contributed by atoms with Crippen molar-refractivity contribution in [1.29, 1.82) is 0 Å². The summed E-state index contributed by atoms with van der Waals surface area (Å²) in [5.74, 6) is 0. The molecular formula is C14H16F3NO. The molecule has 2 atom stereocenters. The molecule has 1 aromatic rings. The minimum atomic E-state index is -4.30. The lowest BCUT2D eigenvalue weighted by atomic mass is 9.74. The number of anilines is 1. The average molecular weight is 271 g/mol. The number of alkyl halides is 3. The summed E-state index contributed by atoms with van der Waals surface area (Å²) in [5, 5.41) is 2.98. The molecule has 1 saturated heterocycles. The average Bonchev–Trinajstić information content (AvgIpc) is 2.67. The maximum atomic E-state index is 13.0. The molecule has 3 rings (SSSR count). The van der Waals surface area contributed by atoms with Gasteiger partial charge in [-0.2, -0.15) is 13.2 Å². The SMILES string of the molecule is CC1CC2(CCO1)CNc1c(C(F)(F)F)cccc12. The lowest BCUT2D eigenvalue weighted by Gasteiger charge is -2.37. The quantitative estimate of drug-likeness (QED) is 0.779. The first-order valence-electron chi connectivity index (χ1n) is 6.49. The Labute approximate surface area is 109 Å². The van der Waals surface area contributed by atoms with Crippen molar-refractivity contribution in [3.63, 3.8) is 0 Å². The van der Waals surface area contributed by atoms with E-state index in [-0.39, 0.29) is 17.2 Å². The smallest absolute Gasteiger partial charge is 0.383 e. The van der Waals surface area contributed by atoms with E-state index in [1.165, 1.54) is 6.07 Å². The number of hydrogen-bond acceptors (Lipinski definition) is 2. The summed E-state index contributed by atoms with van der Waals surface area (Å²) >= 11 is 0. The van der Waals surface area contributed by atoms with Crippen molar-refractivity contribution in [3.05, 3.63) is 29.3 Å². The molecule has 5 heteroatoms. The number of fused-ring (bicyclic) bond motifs is 2. The van der Waals surface area contributed by atoms with Gasteiger partial charge in [-0.3, -0.25) is 0 Å². The van der Waals surface area contributed by atoms with E-state index in [1.54, 1.807) is 0 Å². The minimum absolute atomic E-state index is 0.0936. The summed E-state index contributed by atoms with van der Waals surface area (Å²) < 4.78 is 44.6. The molecule has 104 valence electrons. The van der Waals surface area contributed by atoms with Crippen molar-refractivity contribution in [1.82, 2.24) is 0 Å². The van der Waals surface area contributed by atoms with Crippen LogP contribution < -0.4 is 5.32 Å². The number of ether oxygens (including phenoxy) is 1. The van der Waals surface area contributed by atoms with Gasteiger partial charge in [0.1, 0.15) is 0 Å². The fourth-order valence-electron chi connectivity index (χ4n) is 3.35. The second-order valence-corrected chi connectivity index (χ2v) is 5.50. The Morgan fingerprint density at radius 2 is 2.16 bits per heavy atom. The summed E-state index contributed by atoms with van der Waals surface area (Å²) in [6, 6.07) is 4.48. The normalized spacial score (nSPS) is 30.2. The lowest BCUT2D eigenvalue weighted by Crippen LogP contribution is -2.39. The Hall–Kier alpha value is -1.23. The van der Waals surface area contributed by atoms with Crippen molar-refractivity contribution in [2.75, 3.05) is 18.5 Å². The molecule has 2 nitrogen and oxygen atoms in total. The Kier molecular flexibility index (Phi) is 2.78. The van der Waals surface area contributed by atoms with Crippen LogP contribution in [0.1, 0.15) is 30.9 Å². The molecule has 2 heterocycles. The Morgan fingerprint density at radius 3 is 2.84 bits per heavy atom. The molecule has 2 aliphatic rings. The highest BCUT2D eigenvalue weighted by molar-refractivity contribution is 5.66. The third kappa shape index (κ3) is 2.00. The highest BCUT2D eigenvalue weighted by atomic mass is 19.4. The van der Waals surface area contributed by atoms with Crippen LogP contribution in [0.5, 0.6) is 0 Å². The largest absolute Gasteiger partial charge is 0.418 e. The van der Waals surface area contributed by atoms with Gasteiger partial charge in [0.2, 0.25) is 0 Å². The van der Waals surface area contributed by atoms with E-state index in [2.05, 4.69) is 5.32 Å². The van der Waals surface area contributed by atoms with Crippen molar-refractivity contribution < 1.29 is 17.9 Å². The summed E-state index contributed by atoms with van der Waals surface area (Å²) in [6.07, 6.45) is -2.66. The summed E-state index contributed by atoms with van der Waals surface area (Å²) in [6.45, 7) is 3.16. The van der Waals surface area contributed by atoms with Crippen LogP contribution in [-0.2, 0) is 16.3 Å². The molecule has 1 aromatic carbocycles. The second-order valence-electron chi connectivity index (χ2n) is 5.50. The number of halogens is 3. The van der Waals surface area contributed by atoms with Crippen molar-refractivity contribution in [2.24, 2.45) is 0 Å². The second kappa shape index (κ2) is 4.13. The van der Waals surface area contributed by atoms with Crippen LogP contribution >= 0.6 is 0 Å². The molecule has 0 bridgehead atoms. The van der Waals surface area contributed by atoms with Crippen molar-refractivity contribution in [2.45, 2.75) is 37.5 Å². The van der Waals surface area contributed by atoms with Crippen molar-refractivity contribution in [3.8, 4) is 0 Å². The fourth-order valence-corrected chi connectivity index (χ4v) is 3.35. The standard InChI is InChI=1S/C14H16F3NO/c1-9-7-13(5-6-19-9)8-18-12-10(13)3-2-4-11(12)14(15,16)17/h2-4,9,18H,5-8H2,1H3. The van der Waals surface area contributed by atoms with Crippen molar-refractivity contribution >= 4 is 5.69 Å². The highest BCUT2D eigenvalue weighted by Crippen LogP contribution is 2.49. The molecule has 0 radical (unpaired) electrons. The topological polar surface area (TPSA) is 21.3 Å². The molecule has 2 aliphatic heterocycles. The van der Waals surface area contributed by atoms with Gasteiger partial charge in [0, 0.05) is 18.6 Å². The van der Waals surface area contributed by atoms with Gasteiger partial charge >= 0.3 is 6.18 Å². The monoisotopic (exact) mass is 271 g/mol. The first kappa shape index (κ1) is 12.8. The van der Waals surface area contributed by atoms with Gasteiger partial charge in [-0.15, -0.1) is 0 Å². The maximum absolute atomic E-state index is 13.0. The lowest BCUT2D eigenvalue weighted by molar-refractivity contribution is -0.136. The van der Waals surface area contributed by atoms with Crippen LogP contribution in [0, 0.1) is 0 Å². The van der Waals surface area contributed by atoms with E-state index >= 15 is 0 Å². The van der Waals surface area contributed by atoms with Gasteiger partial charge in [-0.05, 0) is 31.4 Å². The number of para-hydroxylation sites is 1. The van der Waals surface area contributed by atoms with E-state index in [9.17, 15) is 13.2 Å².